The number of rotatable bonds is 3. The van der Waals surface area contributed by atoms with Crippen molar-refractivity contribution in [2.45, 2.75) is 18.9 Å². The van der Waals surface area contributed by atoms with Crippen LogP contribution in [0.3, 0.4) is 0 Å². The minimum Gasteiger partial charge on any atom is -0.496 e. The molecule has 0 amide bonds. The molecule has 1 saturated heterocycles. The number of ether oxygens (including phenoxy) is 2. The fraction of sp³-hybridized carbons (Fsp3) is 0.538. The van der Waals surface area contributed by atoms with Gasteiger partial charge in [0.05, 0.1) is 7.11 Å². The molecule has 102 valence electrons. The lowest BCUT2D eigenvalue weighted by molar-refractivity contribution is 0.0577. The molecule has 1 aromatic carbocycles. The molecule has 0 radical (unpaired) electrons. The predicted molar refractivity (Wildman–Crippen MR) is 70.7 cm³/mol. The highest BCUT2D eigenvalue weighted by Gasteiger charge is 2.26. The van der Waals surface area contributed by atoms with Crippen molar-refractivity contribution in [1.29, 1.82) is 0 Å². The van der Waals surface area contributed by atoms with E-state index in [1.54, 1.807) is 12.1 Å². The molecular formula is C13H19ClFNO2. The molecule has 5 heteroatoms. The zero-order chi connectivity index (χ0) is 12.3. The molecular weight excluding hydrogens is 257 g/mol. The van der Waals surface area contributed by atoms with Gasteiger partial charge in [-0.2, -0.15) is 0 Å². The van der Waals surface area contributed by atoms with Gasteiger partial charge in [-0.05, 0) is 30.9 Å². The summed E-state index contributed by atoms with van der Waals surface area (Å²) in [4.78, 5) is 0. The Hall–Kier alpha value is -0.840. The SMILES string of the molecule is COc1cccc(F)c1[C@H](N)C1CCOCC1.Cl. The first kappa shape index (κ1) is 15.2. The quantitative estimate of drug-likeness (QED) is 0.922. The van der Waals surface area contributed by atoms with E-state index in [1.807, 2.05) is 0 Å². The van der Waals surface area contributed by atoms with Crippen LogP contribution in [0.15, 0.2) is 18.2 Å². The molecule has 0 bridgehead atoms. The second-order valence-electron chi connectivity index (χ2n) is 4.33. The van der Waals surface area contributed by atoms with Crippen molar-refractivity contribution in [2.75, 3.05) is 20.3 Å². The monoisotopic (exact) mass is 275 g/mol. The topological polar surface area (TPSA) is 44.5 Å². The Labute approximate surface area is 113 Å². The Kier molecular flexibility index (Phi) is 5.85. The van der Waals surface area contributed by atoms with Gasteiger partial charge in [-0.1, -0.05) is 6.07 Å². The van der Waals surface area contributed by atoms with E-state index in [0.717, 1.165) is 12.8 Å². The summed E-state index contributed by atoms with van der Waals surface area (Å²) >= 11 is 0. The smallest absolute Gasteiger partial charge is 0.131 e. The number of methoxy groups -OCH3 is 1. The minimum absolute atomic E-state index is 0. The maximum Gasteiger partial charge on any atom is 0.131 e. The van der Waals surface area contributed by atoms with Crippen molar-refractivity contribution in [3.05, 3.63) is 29.6 Å². The van der Waals surface area contributed by atoms with Gasteiger partial charge in [0.25, 0.3) is 0 Å². The second kappa shape index (κ2) is 6.92. The number of halogens is 2. The molecule has 1 aliphatic rings. The highest BCUT2D eigenvalue weighted by molar-refractivity contribution is 5.85. The molecule has 1 aromatic rings. The molecule has 0 unspecified atom stereocenters. The maximum absolute atomic E-state index is 13.9. The van der Waals surface area contributed by atoms with Gasteiger partial charge in [0.2, 0.25) is 0 Å². The van der Waals surface area contributed by atoms with Gasteiger partial charge >= 0.3 is 0 Å². The van der Waals surface area contributed by atoms with Crippen LogP contribution in [-0.2, 0) is 4.74 Å². The number of hydrogen-bond acceptors (Lipinski definition) is 3. The summed E-state index contributed by atoms with van der Waals surface area (Å²) in [6.45, 7) is 1.41. The van der Waals surface area contributed by atoms with E-state index in [-0.39, 0.29) is 30.2 Å². The normalized spacial score (nSPS) is 17.9. The molecule has 1 atom stereocenters. The fourth-order valence-electron chi connectivity index (χ4n) is 2.33. The predicted octanol–water partition coefficient (Wildman–Crippen LogP) is 2.68. The van der Waals surface area contributed by atoms with Crippen LogP contribution in [0.25, 0.3) is 0 Å². The van der Waals surface area contributed by atoms with E-state index in [9.17, 15) is 4.39 Å². The van der Waals surface area contributed by atoms with E-state index < -0.39 is 0 Å². The van der Waals surface area contributed by atoms with Crippen molar-refractivity contribution in [3.63, 3.8) is 0 Å². The molecule has 0 spiro atoms. The van der Waals surface area contributed by atoms with Gasteiger partial charge in [-0.15, -0.1) is 12.4 Å². The minimum atomic E-state index is -0.324. The summed E-state index contributed by atoms with van der Waals surface area (Å²) in [5.74, 6) is 0.502. The average Bonchev–Trinajstić information content (AvgIpc) is 2.38. The molecule has 0 aliphatic carbocycles. The third-order valence-corrected chi connectivity index (χ3v) is 3.34. The lowest BCUT2D eigenvalue weighted by Crippen LogP contribution is -2.28. The van der Waals surface area contributed by atoms with E-state index in [2.05, 4.69) is 0 Å². The summed E-state index contributed by atoms with van der Waals surface area (Å²) in [5, 5.41) is 0. The van der Waals surface area contributed by atoms with Gasteiger partial charge in [-0.3, -0.25) is 0 Å². The van der Waals surface area contributed by atoms with E-state index in [0.29, 0.717) is 24.5 Å². The van der Waals surface area contributed by atoms with Crippen LogP contribution in [0.4, 0.5) is 4.39 Å². The summed E-state index contributed by atoms with van der Waals surface area (Å²) in [7, 11) is 1.54. The summed E-state index contributed by atoms with van der Waals surface area (Å²) in [5.41, 5.74) is 6.66. The lowest BCUT2D eigenvalue weighted by atomic mass is 9.87. The molecule has 0 saturated carbocycles. The average molecular weight is 276 g/mol. The molecule has 1 aliphatic heterocycles. The van der Waals surface area contributed by atoms with Crippen molar-refractivity contribution in [3.8, 4) is 5.75 Å². The molecule has 1 heterocycles. The Bertz CT molecular complexity index is 383. The van der Waals surface area contributed by atoms with Crippen LogP contribution in [0.1, 0.15) is 24.4 Å². The fourth-order valence-corrected chi connectivity index (χ4v) is 2.33. The molecule has 1 fully saturated rings. The van der Waals surface area contributed by atoms with E-state index >= 15 is 0 Å². The Balaban J connectivity index is 0.00000162. The molecule has 18 heavy (non-hydrogen) atoms. The molecule has 0 aromatic heterocycles. The van der Waals surface area contributed by atoms with Gasteiger partial charge in [0, 0.05) is 24.8 Å². The number of nitrogens with two attached hydrogens (primary N) is 1. The van der Waals surface area contributed by atoms with Gasteiger partial charge in [0.15, 0.2) is 0 Å². The first-order valence-corrected chi connectivity index (χ1v) is 5.89. The largest absolute Gasteiger partial charge is 0.496 e. The first-order chi connectivity index (χ1) is 8.24. The van der Waals surface area contributed by atoms with Crippen molar-refractivity contribution >= 4 is 12.4 Å². The van der Waals surface area contributed by atoms with Gasteiger partial charge < -0.3 is 15.2 Å². The highest BCUT2D eigenvalue weighted by atomic mass is 35.5. The molecule has 2 rings (SSSR count). The van der Waals surface area contributed by atoms with Crippen molar-refractivity contribution in [1.82, 2.24) is 0 Å². The second-order valence-corrected chi connectivity index (χ2v) is 4.33. The van der Waals surface area contributed by atoms with Crippen LogP contribution >= 0.6 is 12.4 Å². The highest BCUT2D eigenvalue weighted by Crippen LogP contribution is 2.34. The lowest BCUT2D eigenvalue weighted by Gasteiger charge is -2.28. The van der Waals surface area contributed by atoms with Crippen LogP contribution in [0, 0.1) is 11.7 Å². The molecule has 2 N–H and O–H groups in total. The van der Waals surface area contributed by atoms with Gasteiger partial charge in [0.1, 0.15) is 11.6 Å². The summed E-state index contributed by atoms with van der Waals surface area (Å²) in [6, 6.07) is 4.48. The maximum atomic E-state index is 13.9. The third kappa shape index (κ3) is 3.13. The van der Waals surface area contributed by atoms with E-state index in [1.165, 1.54) is 13.2 Å². The summed E-state index contributed by atoms with van der Waals surface area (Å²) in [6.07, 6.45) is 1.75. The summed E-state index contributed by atoms with van der Waals surface area (Å²) < 4.78 is 24.3. The number of hydrogen-bond donors (Lipinski definition) is 1. The Morgan fingerprint density at radius 3 is 2.67 bits per heavy atom. The van der Waals surface area contributed by atoms with Crippen LogP contribution in [0.5, 0.6) is 5.75 Å². The Morgan fingerprint density at radius 2 is 2.06 bits per heavy atom. The third-order valence-electron chi connectivity index (χ3n) is 3.34. The zero-order valence-corrected chi connectivity index (χ0v) is 11.2. The van der Waals surface area contributed by atoms with E-state index in [4.69, 9.17) is 15.2 Å². The van der Waals surface area contributed by atoms with Crippen LogP contribution in [0.2, 0.25) is 0 Å². The van der Waals surface area contributed by atoms with Crippen molar-refractivity contribution < 1.29 is 13.9 Å². The number of benzene rings is 1. The van der Waals surface area contributed by atoms with Gasteiger partial charge in [-0.25, -0.2) is 4.39 Å². The van der Waals surface area contributed by atoms with Crippen molar-refractivity contribution in [2.24, 2.45) is 11.7 Å². The van der Waals surface area contributed by atoms with Crippen LogP contribution < -0.4 is 10.5 Å². The Morgan fingerprint density at radius 1 is 1.39 bits per heavy atom. The first-order valence-electron chi connectivity index (χ1n) is 5.89. The molecule has 3 nitrogen and oxygen atoms in total. The van der Waals surface area contributed by atoms with Crippen LogP contribution in [-0.4, -0.2) is 20.3 Å². The standard InChI is InChI=1S/C13H18FNO2.ClH/c1-16-11-4-2-3-10(14)12(11)13(15)9-5-7-17-8-6-9;/h2-4,9,13H,5-8,15H2,1H3;1H/t13-;/m1./s1. The zero-order valence-electron chi connectivity index (χ0n) is 10.4.